The summed E-state index contributed by atoms with van der Waals surface area (Å²) in [4.78, 5) is 46.7. The zero-order chi connectivity index (χ0) is 31.2. The van der Waals surface area contributed by atoms with Crippen molar-refractivity contribution in [3.05, 3.63) is 87.5 Å². The van der Waals surface area contributed by atoms with Crippen LogP contribution in [0.3, 0.4) is 0 Å². The number of unbranched alkanes of at least 4 members (excludes halogenated alkanes) is 3. The van der Waals surface area contributed by atoms with E-state index >= 15 is 0 Å². The Morgan fingerprint density at radius 3 is 2.35 bits per heavy atom. The van der Waals surface area contributed by atoms with E-state index < -0.39 is 10.9 Å². The zero-order valence-electron chi connectivity index (χ0n) is 25.4. The molecule has 9 heteroatoms. The zero-order valence-corrected chi connectivity index (χ0v) is 25.4. The predicted molar refractivity (Wildman–Crippen MR) is 162 cm³/mol. The van der Waals surface area contributed by atoms with Crippen molar-refractivity contribution in [3.8, 4) is 0 Å². The lowest BCUT2D eigenvalue weighted by molar-refractivity contribution is -0.384. The number of methoxy groups -OCH3 is 1. The minimum Gasteiger partial charge on any atom is -0.469 e. The van der Waals surface area contributed by atoms with Crippen molar-refractivity contribution in [1.29, 1.82) is 0 Å². The highest BCUT2D eigenvalue weighted by Gasteiger charge is 2.39. The van der Waals surface area contributed by atoms with E-state index in [2.05, 4.69) is 19.1 Å². The minimum absolute atomic E-state index is 0.0527. The van der Waals surface area contributed by atoms with Gasteiger partial charge in [0.05, 0.1) is 17.6 Å². The number of non-ortho nitro benzene ring substituents is 1. The van der Waals surface area contributed by atoms with Crippen molar-refractivity contribution in [3.63, 3.8) is 0 Å². The molecule has 0 heterocycles. The Balaban J connectivity index is 1.78. The van der Waals surface area contributed by atoms with Gasteiger partial charge in [0.25, 0.3) is 5.69 Å². The highest BCUT2D eigenvalue weighted by molar-refractivity contribution is 5.89. The standard InChI is InChI=1S/C34H43NO8/c1-4-5-8-12-30(42-24(2)36)25-14-16-27(17-15-25)33-26(11-9-6-7-10-13-32(37)41-3)20-23-31(33)43-34(38)28-18-21-29(22-19-28)35(39)40/h6,9,14-19,21-22,26,30-31,33H,4-5,7-8,10-13,20,23H2,1-3H3/b9-6-/t26-,30?,31+,33-/m0/s1. The lowest BCUT2D eigenvalue weighted by Gasteiger charge is -2.26. The molecule has 0 saturated heterocycles. The van der Waals surface area contributed by atoms with Gasteiger partial charge < -0.3 is 14.2 Å². The number of hydrogen-bond donors (Lipinski definition) is 0. The van der Waals surface area contributed by atoms with Crippen LogP contribution in [0.5, 0.6) is 0 Å². The van der Waals surface area contributed by atoms with E-state index in [4.69, 9.17) is 14.2 Å². The summed E-state index contributed by atoms with van der Waals surface area (Å²) in [6.45, 7) is 3.56. The van der Waals surface area contributed by atoms with E-state index in [0.717, 1.165) is 62.5 Å². The third kappa shape index (κ3) is 10.3. The van der Waals surface area contributed by atoms with Crippen LogP contribution in [0.4, 0.5) is 5.69 Å². The first kappa shape index (κ1) is 33.5. The molecular formula is C34H43NO8. The molecule has 0 spiro atoms. The maximum atomic E-state index is 13.1. The number of hydrogen-bond acceptors (Lipinski definition) is 8. The molecule has 1 aliphatic carbocycles. The lowest BCUT2D eigenvalue weighted by atomic mass is 9.84. The molecule has 1 unspecified atom stereocenters. The van der Waals surface area contributed by atoms with Gasteiger partial charge in [0.15, 0.2) is 0 Å². The maximum absolute atomic E-state index is 13.1. The van der Waals surface area contributed by atoms with Gasteiger partial charge in [0.1, 0.15) is 12.2 Å². The molecule has 9 nitrogen and oxygen atoms in total. The minimum atomic E-state index is -0.508. The van der Waals surface area contributed by atoms with Crippen LogP contribution in [0.25, 0.3) is 0 Å². The summed E-state index contributed by atoms with van der Waals surface area (Å²) in [5.74, 6) is -0.856. The molecule has 3 rings (SSSR count). The lowest BCUT2D eigenvalue weighted by Crippen LogP contribution is -2.24. The number of nitrogens with zero attached hydrogens (tertiary/aromatic N) is 1. The maximum Gasteiger partial charge on any atom is 0.338 e. The van der Waals surface area contributed by atoms with Crippen LogP contribution in [0.1, 0.15) is 112 Å². The summed E-state index contributed by atoms with van der Waals surface area (Å²) >= 11 is 0. The fraction of sp³-hybridized carbons (Fsp3) is 0.500. The monoisotopic (exact) mass is 593 g/mol. The number of carbonyl (C=O) groups is 3. The van der Waals surface area contributed by atoms with E-state index in [9.17, 15) is 24.5 Å². The van der Waals surface area contributed by atoms with Crippen molar-refractivity contribution < 1.29 is 33.5 Å². The Kier molecular flexibility index (Phi) is 13.4. The fourth-order valence-corrected chi connectivity index (χ4v) is 5.71. The number of benzene rings is 2. The SMILES string of the molecule is CCCCCC(OC(C)=O)c1ccc([C@@H]2[C@@H](C/C=C\CCCC(=O)OC)CC[C@H]2OC(=O)c2ccc([N+](=O)[O-])cc2)cc1. The molecule has 0 amide bonds. The average Bonchev–Trinajstić information content (AvgIpc) is 3.40. The van der Waals surface area contributed by atoms with Crippen molar-refractivity contribution >= 4 is 23.6 Å². The van der Waals surface area contributed by atoms with E-state index in [1.54, 1.807) is 0 Å². The molecule has 1 aliphatic rings. The van der Waals surface area contributed by atoms with Crippen LogP contribution >= 0.6 is 0 Å². The Morgan fingerprint density at radius 1 is 1.00 bits per heavy atom. The first-order valence-electron chi connectivity index (χ1n) is 15.2. The molecule has 2 aromatic rings. The van der Waals surface area contributed by atoms with E-state index in [1.807, 2.05) is 24.3 Å². The first-order valence-corrected chi connectivity index (χ1v) is 15.2. The highest BCUT2D eigenvalue weighted by Crippen LogP contribution is 2.44. The third-order valence-corrected chi connectivity index (χ3v) is 7.96. The molecule has 0 aliphatic heterocycles. The molecule has 4 atom stereocenters. The molecular weight excluding hydrogens is 550 g/mol. The molecule has 43 heavy (non-hydrogen) atoms. The van der Waals surface area contributed by atoms with E-state index in [1.165, 1.54) is 38.3 Å². The average molecular weight is 594 g/mol. The number of carbonyl (C=O) groups excluding carboxylic acids is 3. The Labute approximate surface area is 253 Å². The second kappa shape index (κ2) is 17.2. The van der Waals surface area contributed by atoms with Gasteiger partial charge in [0, 0.05) is 31.4 Å². The molecule has 0 N–H and O–H groups in total. The summed E-state index contributed by atoms with van der Waals surface area (Å²) < 4.78 is 16.4. The molecule has 2 aromatic carbocycles. The normalized spacial score (nSPS) is 18.7. The number of esters is 3. The van der Waals surface area contributed by atoms with Crippen LogP contribution in [0.2, 0.25) is 0 Å². The predicted octanol–water partition coefficient (Wildman–Crippen LogP) is 7.79. The molecule has 0 bridgehead atoms. The van der Waals surface area contributed by atoms with Crippen molar-refractivity contribution in [2.24, 2.45) is 5.92 Å². The van der Waals surface area contributed by atoms with Crippen molar-refractivity contribution in [1.82, 2.24) is 0 Å². The van der Waals surface area contributed by atoms with E-state index in [0.29, 0.717) is 12.8 Å². The van der Waals surface area contributed by atoms with Gasteiger partial charge in [-0.25, -0.2) is 4.79 Å². The van der Waals surface area contributed by atoms with Gasteiger partial charge in [0.2, 0.25) is 0 Å². The topological polar surface area (TPSA) is 122 Å². The number of nitro benzene ring substituents is 1. The second-order valence-electron chi connectivity index (χ2n) is 11.0. The Hall–Kier alpha value is -4.01. The van der Waals surface area contributed by atoms with Gasteiger partial charge in [-0.1, -0.05) is 56.2 Å². The van der Waals surface area contributed by atoms with Crippen LogP contribution in [-0.2, 0) is 23.8 Å². The van der Waals surface area contributed by atoms with Gasteiger partial charge in [-0.05, 0) is 74.1 Å². The number of allylic oxidation sites excluding steroid dienone is 2. The van der Waals surface area contributed by atoms with Crippen molar-refractivity contribution in [2.75, 3.05) is 7.11 Å². The van der Waals surface area contributed by atoms with Gasteiger partial charge in [-0.2, -0.15) is 0 Å². The molecule has 1 saturated carbocycles. The fourth-order valence-electron chi connectivity index (χ4n) is 5.71. The number of nitro groups is 1. The van der Waals surface area contributed by atoms with Gasteiger partial charge in [-0.3, -0.25) is 19.7 Å². The molecule has 0 radical (unpaired) electrons. The van der Waals surface area contributed by atoms with Crippen LogP contribution < -0.4 is 0 Å². The van der Waals surface area contributed by atoms with Gasteiger partial charge >= 0.3 is 17.9 Å². The Bertz CT molecular complexity index is 1240. The smallest absolute Gasteiger partial charge is 0.338 e. The van der Waals surface area contributed by atoms with Gasteiger partial charge in [-0.15, -0.1) is 0 Å². The summed E-state index contributed by atoms with van der Waals surface area (Å²) in [6.07, 6.45) is 11.6. The number of ether oxygens (including phenoxy) is 3. The van der Waals surface area contributed by atoms with Crippen molar-refractivity contribution in [2.45, 2.75) is 96.2 Å². The number of rotatable bonds is 16. The molecule has 232 valence electrons. The summed E-state index contributed by atoms with van der Waals surface area (Å²) in [6, 6.07) is 13.5. The Morgan fingerprint density at radius 2 is 1.72 bits per heavy atom. The molecule has 0 aromatic heterocycles. The van der Waals surface area contributed by atoms with Crippen LogP contribution in [0, 0.1) is 16.0 Å². The third-order valence-electron chi connectivity index (χ3n) is 7.96. The van der Waals surface area contributed by atoms with E-state index in [-0.39, 0.29) is 47.2 Å². The first-order chi connectivity index (χ1) is 20.7. The summed E-state index contributed by atoms with van der Waals surface area (Å²) in [5, 5.41) is 11.0. The summed E-state index contributed by atoms with van der Waals surface area (Å²) in [5.41, 5.74) is 2.16. The quantitative estimate of drug-likeness (QED) is 0.0483. The summed E-state index contributed by atoms with van der Waals surface area (Å²) in [7, 11) is 1.39. The second-order valence-corrected chi connectivity index (χ2v) is 11.0. The molecule has 1 fully saturated rings. The van der Waals surface area contributed by atoms with Crippen LogP contribution in [0.15, 0.2) is 60.7 Å². The highest BCUT2D eigenvalue weighted by atomic mass is 16.6. The largest absolute Gasteiger partial charge is 0.469 e. The van der Waals surface area contributed by atoms with Crippen LogP contribution in [-0.4, -0.2) is 36.0 Å².